The Morgan fingerprint density at radius 1 is 0.500 bits per heavy atom. The first-order valence-electron chi connectivity index (χ1n) is 33.1. The zero-order chi connectivity index (χ0) is 65.7. The Kier molecular flexibility index (Phi) is 15.8. The molecule has 10 heteroatoms. The van der Waals surface area contributed by atoms with E-state index in [2.05, 4.69) is 264 Å². The molecular formula is C84H83BFIrN5O2-2. The molecule has 94 heavy (non-hydrogen) atoms. The minimum Gasteiger partial charge on any atom is -0.453 e. The van der Waals surface area contributed by atoms with Gasteiger partial charge in [0, 0.05) is 54.7 Å². The number of nitrogens with zero attached hydrogens (tertiary/aromatic N) is 5. The molecule has 0 saturated heterocycles. The van der Waals surface area contributed by atoms with Crippen molar-refractivity contribution in [3.63, 3.8) is 0 Å². The molecule has 0 saturated carbocycles. The van der Waals surface area contributed by atoms with Crippen LogP contribution in [0.2, 0.25) is 0 Å². The van der Waals surface area contributed by atoms with Gasteiger partial charge in [-0.25, -0.2) is 0 Å². The van der Waals surface area contributed by atoms with Gasteiger partial charge in [-0.2, -0.15) is 0 Å². The number of hydrogen-bond acceptors (Lipinski definition) is 6. The van der Waals surface area contributed by atoms with Gasteiger partial charge in [0.2, 0.25) is 0 Å². The molecule has 0 bridgehead atoms. The van der Waals surface area contributed by atoms with Crippen LogP contribution in [0.4, 0.5) is 38.5 Å². The fourth-order valence-corrected chi connectivity index (χ4v) is 14.0. The van der Waals surface area contributed by atoms with Crippen LogP contribution in [0, 0.1) is 31.8 Å². The van der Waals surface area contributed by atoms with Crippen molar-refractivity contribution in [3.8, 4) is 62.5 Å². The summed E-state index contributed by atoms with van der Waals surface area (Å²) in [5, 5.41) is 0. The minimum absolute atomic E-state index is 0. The fraction of sp³-hybridized carbons (Fsp3) is 0.286. The summed E-state index contributed by atoms with van der Waals surface area (Å²) in [5.74, 6) is 4.59. The van der Waals surface area contributed by atoms with Crippen molar-refractivity contribution in [2.45, 2.75) is 158 Å². The Labute approximate surface area is 569 Å². The molecule has 0 atom stereocenters. The largest absolute Gasteiger partial charge is 0.453 e. The molecule has 477 valence electrons. The second-order valence-electron chi connectivity index (χ2n) is 30.8. The van der Waals surface area contributed by atoms with Crippen LogP contribution in [-0.4, -0.2) is 21.2 Å². The molecular weight excluding hydrogens is 1330 g/mol. The van der Waals surface area contributed by atoms with Crippen LogP contribution in [0.3, 0.4) is 0 Å². The van der Waals surface area contributed by atoms with E-state index < -0.39 is 0 Å². The van der Waals surface area contributed by atoms with Gasteiger partial charge in [0.05, 0.1) is 39.6 Å². The molecule has 0 unspecified atom stereocenters. The number of halogens is 1. The van der Waals surface area contributed by atoms with E-state index in [9.17, 15) is 4.39 Å². The third-order valence-corrected chi connectivity index (χ3v) is 19.4. The molecule has 0 aliphatic carbocycles. The van der Waals surface area contributed by atoms with Crippen molar-refractivity contribution in [2.24, 2.45) is 0 Å². The molecule has 11 aromatic rings. The molecule has 9 aromatic carbocycles. The smallest absolute Gasteiger partial charge is 0.252 e. The van der Waals surface area contributed by atoms with Crippen LogP contribution in [0.25, 0.3) is 50.5 Å². The van der Waals surface area contributed by atoms with Gasteiger partial charge >= 0.3 is 0 Å². The van der Waals surface area contributed by atoms with E-state index >= 15 is 0 Å². The zero-order valence-corrected chi connectivity index (χ0v) is 60.0. The first-order valence-corrected chi connectivity index (χ1v) is 33.1. The van der Waals surface area contributed by atoms with E-state index in [1.165, 1.54) is 73.2 Å². The minimum atomic E-state index is -0.275. The molecule has 6 heterocycles. The van der Waals surface area contributed by atoms with Crippen molar-refractivity contribution in [2.75, 3.05) is 9.80 Å². The van der Waals surface area contributed by atoms with Gasteiger partial charge in [-0.05, 0) is 169 Å². The average Bonchev–Trinajstić information content (AvgIpc) is 0.731. The molecule has 1 radical (unpaired) electrons. The summed E-state index contributed by atoms with van der Waals surface area (Å²) < 4.78 is 29.8. The molecule has 0 N–H and O–H groups in total. The van der Waals surface area contributed by atoms with Crippen LogP contribution < -0.4 is 35.7 Å². The van der Waals surface area contributed by atoms with Crippen molar-refractivity contribution in [1.82, 2.24) is 14.5 Å². The van der Waals surface area contributed by atoms with Gasteiger partial charge in [-0.3, -0.25) is 9.37 Å². The van der Waals surface area contributed by atoms with Crippen molar-refractivity contribution < 1.29 is 34.0 Å². The Morgan fingerprint density at radius 3 is 1.51 bits per heavy atom. The number of para-hydroxylation sites is 2. The van der Waals surface area contributed by atoms with Crippen LogP contribution in [0.5, 0.6) is 23.0 Å². The topological polar surface area (TPSA) is 55.7 Å². The average molecular weight is 1420 g/mol. The van der Waals surface area contributed by atoms with E-state index in [0.717, 1.165) is 107 Å². The fourth-order valence-electron chi connectivity index (χ4n) is 14.0. The number of fused-ring (bicyclic) bond motifs is 9. The molecule has 4 aliphatic rings. The van der Waals surface area contributed by atoms with Crippen LogP contribution in [0.15, 0.2) is 164 Å². The van der Waals surface area contributed by atoms with Crippen LogP contribution in [0.1, 0.15) is 167 Å². The van der Waals surface area contributed by atoms with Gasteiger partial charge in [-0.1, -0.05) is 177 Å². The van der Waals surface area contributed by atoms with E-state index in [1.807, 2.05) is 38.2 Å². The Bertz CT molecular complexity index is 4660. The number of aryl methyl sites for hydroxylation is 2. The summed E-state index contributed by atoms with van der Waals surface area (Å²) >= 11 is 0. The standard InChI is InChI=1S/C71H72BN4O2.C13H11FN.Ir/c1-40(2)48-24-20-25-49(41(3)4)63(48)76-64-50(26-21-27-53(64)73-67(76)42-22-18-17-19-23-42)43-32-56-62-57(33-43)75-55-31-29-45(69(8,9)10)37-59(55)78-61-39-47(71(14,15)16)35-52(66(61)75)72(62)51-34-46(70(11,12)13)38-60-65(51)74(56)54-30-28-44(68(5,6)7)36-58(54)77-60;1-9-7-13(15-8-10(9)2)11-3-5-12(14)6-4-11;/h17-22,24-41H,1-16H3;3,5-8H,1-2H3;/q2*-1;. The number of aromatic nitrogens is 3. The molecule has 0 spiro atoms. The molecule has 2 aromatic heterocycles. The third kappa shape index (κ3) is 10.9. The predicted molar refractivity (Wildman–Crippen MR) is 386 cm³/mol. The van der Waals surface area contributed by atoms with Gasteiger partial charge < -0.3 is 28.8 Å². The summed E-state index contributed by atoms with van der Waals surface area (Å²) in [5.41, 5.74) is 27.6. The van der Waals surface area contributed by atoms with Crippen LogP contribution in [-0.2, 0) is 41.8 Å². The monoisotopic (exact) mass is 1420 g/mol. The third-order valence-electron chi connectivity index (χ3n) is 19.4. The maximum Gasteiger partial charge on any atom is 0.252 e. The first kappa shape index (κ1) is 64.2. The number of anilines is 6. The second kappa shape index (κ2) is 23.1. The summed E-state index contributed by atoms with van der Waals surface area (Å²) in [6, 6.07) is 63.1. The van der Waals surface area contributed by atoms with E-state index in [-0.39, 0.29) is 66.1 Å². The molecule has 15 rings (SSSR count). The van der Waals surface area contributed by atoms with Gasteiger partial charge in [0.1, 0.15) is 0 Å². The summed E-state index contributed by atoms with van der Waals surface area (Å²) in [6.07, 6.45) is 1.82. The van der Waals surface area contributed by atoms with E-state index in [0.29, 0.717) is 0 Å². The zero-order valence-electron chi connectivity index (χ0n) is 57.6. The summed E-state index contributed by atoms with van der Waals surface area (Å²) in [7, 11) is 0. The number of imidazole rings is 1. The normalized spacial score (nSPS) is 13.5. The van der Waals surface area contributed by atoms with Gasteiger partial charge in [0.25, 0.3) is 6.71 Å². The van der Waals surface area contributed by atoms with Crippen molar-refractivity contribution in [3.05, 3.63) is 226 Å². The number of ether oxygens (including phenoxy) is 2. The Hall–Kier alpha value is -8.56. The number of hydrogen-bond donors (Lipinski definition) is 0. The first-order chi connectivity index (χ1) is 44.0. The number of benzene rings is 9. The SMILES string of the molecule is CC(C)c1cccc(C(C)C)c1-n1c(-c2[c-]cccc2)nc2cccc(-c3cc4c5c(c3)N3c6ccc(C(C)(C)C)cc6Oc6cc(C(C)(C)C)cc(c63)B5c3cc(C(C)(C)C)cc5c3N4c3ccc(C(C)(C)C)cc3O5)c21.Cc1cnc(-c2[c-]cc(F)cc2)cc1C.[Ir]. The summed E-state index contributed by atoms with van der Waals surface area (Å²) in [4.78, 5) is 15.0. The van der Waals surface area contributed by atoms with Crippen molar-refractivity contribution in [1.29, 1.82) is 0 Å². The second-order valence-corrected chi connectivity index (χ2v) is 30.8. The number of pyridine rings is 1. The van der Waals surface area contributed by atoms with E-state index in [4.69, 9.17) is 14.5 Å². The number of rotatable bonds is 6. The van der Waals surface area contributed by atoms with E-state index in [1.54, 1.807) is 6.07 Å². The van der Waals surface area contributed by atoms with Gasteiger partial charge in [-0.15, -0.1) is 65.7 Å². The molecule has 0 amide bonds. The Morgan fingerprint density at radius 2 is 1.03 bits per heavy atom. The summed E-state index contributed by atoms with van der Waals surface area (Å²) in [6.45, 7) is 40.7. The van der Waals surface area contributed by atoms with Crippen LogP contribution >= 0.6 is 0 Å². The Balaban J connectivity index is 0.000000441. The van der Waals surface area contributed by atoms with Gasteiger partial charge in [0.15, 0.2) is 23.0 Å². The molecule has 0 fully saturated rings. The quantitative estimate of drug-likeness (QED) is 0.122. The maximum atomic E-state index is 12.7. The maximum absolute atomic E-state index is 12.7. The molecule has 4 aliphatic heterocycles. The predicted octanol–water partition coefficient (Wildman–Crippen LogP) is 21.2. The molecule has 7 nitrogen and oxygen atoms in total. The van der Waals surface area contributed by atoms with Crippen molar-refractivity contribution >= 4 is 68.3 Å².